The lowest BCUT2D eigenvalue weighted by Crippen LogP contribution is -2.54. The van der Waals surface area contributed by atoms with Gasteiger partial charge in [0.1, 0.15) is 17.5 Å². The van der Waals surface area contributed by atoms with Gasteiger partial charge in [0.05, 0.1) is 14.2 Å². The average molecular weight is 400 g/mol. The summed E-state index contributed by atoms with van der Waals surface area (Å²) in [5, 5.41) is 2.87. The van der Waals surface area contributed by atoms with E-state index in [2.05, 4.69) is 5.32 Å². The predicted molar refractivity (Wildman–Crippen MR) is 107 cm³/mol. The summed E-state index contributed by atoms with van der Waals surface area (Å²) in [6, 6.07) is 4.50. The number of nitrogens with zero attached hydrogens (tertiary/aromatic N) is 1. The summed E-state index contributed by atoms with van der Waals surface area (Å²) in [6.07, 6.45) is 1.58. The summed E-state index contributed by atoms with van der Waals surface area (Å²) >= 11 is 0. The van der Waals surface area contributed by atoms with Crippen LogP contribution in [-0.4, -0.2) is 56.1 Å². The van der Waals surface area contributed by atoms with Crippen molar-refractivity contribution < 1.29 is 19.1 Å². The normalized spacial score (nSPS) is 15.7. The number of hydrogen-bond acceptors (Lipinski definition) is 5. The maximum Gasteiger partial charge on any atom is 0.252 e. The van der Waals surface area contributed by atoms with Crippen molar-refractivity contribution in [2.75, 3.05) is 27.3 Å². The fourth-order valence-corrected chi connectivity index (χ4v) is 2.99. The number of nitrogens with one attached hydrogen (secondary N) is 1. The van der Waals surface area contributed by atoms with Crippen molar-refractivity contribution >= 4 is 24.2 Å². The van der Waals surface area contributed by atoms with Gasteiger partial charge in [-0.1, -0.05) is 13.8 Å². The zero-order valence-electron chi connectivity index (χ0n) is 16.4. The molecule has 8 heteroatoms. The van der Waals surface area contributed by atoms with E-state index in [1.165, 1.54) is 14.2 Å². The zero-order valence-corrected chi connectivity index (χ0v) is 17.2. The number of nitrogens with two attached hydrogens (primary N) is 1. The van der Waals surface area contributed by atoms with Crippen LogP contribution in [-0.2, 0) is 4.79 Å². The first-order valence-electron chi connectivity index (χ1n) is 8.94. The Morgan fingerprint density at radius 3 is 2.07 bits per heavy atom. The molecule has 1 aliphatic heterocycles. The molecule has 27 heavy (non-hydrogen) atoms. The molecule has 2 amide bonds. The van der Waals surface area contributed by atoms with Gasteiger partial charge in [0.2, 0.25) is 5.91 Å². The minimum absolute atomic E-state index is 0. The largest absolute Gasteiger partial charge is 0.497 e. The minimum atomic E-state index is -0.589. The van der Waals surface area contributed by atoms with Gasteiger partial charge >= 0.3 is 0 Å². The average Bonchev–Trinajstić information content (AvgIpc) is 2.65. The fourth-order valence-electron chi connectivity index (χ4n) is 2.99. The van der Waals surface area contributed by atoms with E-state index < -0.39 is 6.04 Å². The second kappa shape index (κ2) is 10.4. The van der Waals surface area contributed by atoms with Gasteiger partial charge in [-0.2, -0.15) is 0 Å². The van der Waals surface area contributed by atoms with Gasteiger partial charge in [-0.15, -0.1) is 12.4 Å². The molecule has 1 unspecified atom stereocenters. The molecule has 0 radical (unpaired) electrons. The van der Waals surface area contributed by atoms with Gasteiger partial charge in [0, 0.05) is 30.8 Å². The molecule has 1 aliphatic rings. The molecule has 0 bridgehead atoms. The summed E-state index contributed by atoms with van der Waals surface area (Å²) in [5.74, 6) is 0.617. The van der Waals surface area contributed by atoms with E-state index in [0.717, 1.165) is 12.8 Å². The standard InChI is InChI=1S/C19H29N3O4.ClH/c1-12(2)17(19(24)22-7-5-14(20)6-8-22)21-18(23)13-9-15(25-3)11-16(10-13)26-4;/h9-12,14,17H,5-8,20H2,1-4H3,(H,21,23);1H. The summed E-state index contributed by atoms with van der Waals surface area (Å²) in [6.45, 7) is 5.10. The summed E-state index contributed by atoms with van der Waals surface area (Å²) in [5.41, 5.74) is 6.30. The number of piperidine rings is 1. The second-order valence-corrected chi connectivity index (χ2v) is 6.96. The molecule has 1 fully saturated rings. The third-order valence-electron chi connectivity index (χ3n) is 4.68. The molecule has 0 aliphatic carbocycles. The van der Waals surface area contributed by atoms with E-state index in [9.17, 15) is 9.59 Å². The number of rotatable bonds is 6. The molecule has 1 heterocycles. The van der Waals surface area contributed by atoms with Gasteiger partial charge in [0.25, 0.3) is 5.91 Å². The molecule has 152 valence electrons. The molecule has 0 saturated carbocycles. The molecule has 3 N–H and O–H groups in total. The quantitative estimate of drug-likeness (QED) is 0.761. The van der Waals surface area contributed by atoms with E-state index in [1.54, 1.807) is 23.1 Å². The number of halogens is 1. The highest BCUT2D eigenvalue weighted by Gasteiger charge is 2.31. The first-order chi connectivity index (χ1) is 12.3. The first kappa shape index (κ1) is 23.0. The van der Waals surface area contributed by atoms with Crippen molar-refractivity contribution in [3.8, 4) is 11.5 Å². The van der Waals surface area contributed by atoms with Crippen LogP contribution in [0.3, 0.4) is 0 Å². The Labute approximate surface area is 167 Å². The molecular weight excluding hydrogens is 370 g/mol. The van der Waals surface area contributed by atoms with Gasteiger partial charge in [-0.25, -0.2) is 0 Å². The van der Waals surface area contributed by atoms with Crippen molar-refractivity contribution in [1.29, 1.82) is 0 Å². The van der Waals surface area contributed by atoms with Crippen molar-refractivity contribution in [1.82, 2.24) is 10.2 Å². The molecule has 7 nitrogen and oxygen atoms in total. The maximum atomic E-state index is 12.9. The third-order valence-corrected chi connectivity index (χ3v) is 4.68. The van der Waals surface area contributed by atoms with Crippen molar-refractivity contribution in [3.63, 3.8) is 0 Å². The SMILES string of the molecule is COc1cc(OC)cc(C(=O)NC(C(=O)N2CCC(N)CC2)C(C)C)c1.Cl. The molecule has 1 atom stereocenters. The topological polar surface area (TPSA) is 93.9 Å². The highest BCUT2D eigenvalue weighted by molar-refractivity contribution is 5.98. The van der Waals surface area contributed by atoms with Crippen LogP contribution in [0.1, 0.15) is 37.0 Å². The Morgan fingerprint density at radius 1 is 1.11 bits per heavy atom. The molecule has 1 saturated heterocycles. The Morgan fingerprint density at radius 2 is 1.63 bits per heavy atom. The van der Waals surface area contributed by atoms with E-state index in [4.69, 9.17) is 15.2 Å². The van der Waals surface area contributed by atoms with E-state index in [0.29, 0.717) is 30.2 Å². The number of likely N-dealkylation sites (tertiary alicyclic amines) is 1. The summed E-state index contributed by atoms with van der Waals surface area (Å²) in [4.78, 5) is 27.4. The fraction of sp³-hybridized carbons (Fsp3) is 0.579. The van der Waals surface area contributed by atoms with Gasteiger partial charge in [0.15, 0.2) is 0 Å². The Balaban J connectivity index is 0.00000364. The highest BCUT2D eigenvalue weighted by atomic mass is 35.5. The number of carbonyl (C=O) groups is 2. The lowest BCUT2D eigenvalue weighted by molar-refractivity contribution is -0.135. The van der Waals surface area contributed by atoms with Crippen LogP contribution in [0.2, 0.25) is 0 Å². The van der Waals surface area contributed by atoms with Crippen molar-refractivity contribution in [2.24, 2.45) is 11.7 Å². The van der Waals surface area contributed by atoms with E-state index in [-0.39, 0.29) is 36.2 Å². The Kier molecular flexibility index (Phi) is 8.85. The van der Waals surface area contributed by atoms with Gasteiger partial charge in [-0.05, 0) is 30.9 Å². The smallest absolute Gasteiger partial charge is 0.252 e. The van der Waals surface area contributed by atoms with Crippen LogP contribution < -0.4 is 20.5 Å². The van der Waals surface area contributed by atoms with Crippen LogP contribution in [0, 0.1) is 5.92 Å². The Hall–Kier alpha value is -1.99. The van der Waals surface area contributed by atoms with Gasteiger partial charge < -0.3 is 25.4 Å². The summed E-state index contributed by atoms with van der Waals surface area (Å²) in [7, 11) is 3.05. The highest BCUT2D eigenvalue weighted by Crippen LogP contribution is 2.23. The zero-order chi connectivity index (χ0) is 19.3. The summed E-state index contributed by atoms with van der Waals surface area (Å²) < 4.78 is 10.4. The lowest BCUT2D eigenvalue weighted by Gasteiger charge is -2.34. The van der Waals surface area contributed by atoms with E-state index in [1.807, 2.05) is 13.8 Å². The van der Waals surface area contributed by atoms with Crippen LogP contribution in [0.4, 0.5) is 0 Å². The number of amides is 2. The molecule has 1 aromatic rings. The monoisotopic (exact) mass is 399 g/mol. The van der Waals surface area contributed by atoms with Crippen LogP contribution >= 0.6 is 12.4 Å². The second-order valence-electron chi connectivity index (χ2n) is 6.96. The van der Waals surface area contributed by atoms with E-state index >= 15 is 0 Å². The molecule has 0 aromatic heterocycles. The number of ether oxygens (including phenoxy) is 2. The minimum Gasteiger partial charge on any atom is -0.497 e. The van der Waals surface area contributed by atoms with Crippen LogP contribution in [0.5, 0.6) is 11.5 Å². The number of methoxy groups -OCH3 is 2. The number of benzene rings is 1. The van der Waals surface area contributed by atoms with Crippen molar-refractivity contribution in [3.05, 3.63) is 23.8 Å². The van der Waals surface area contributed by atoms with Crippen LogP contribution in [0.15, 0.2) is 18.2 Å². The predicted octanol–water partition coefficient (Wildman–Crippen LogP) is 1.83. The lowest BCUT2D eigenvalue weighted by atomic mass is 9.99. The van der Waals surface area contributed by atoms with Gasteiger partial charge in [-0.3, -0.25) is 9.59 Å². The third kappa shape index (κ3) is 6.01. The first-order valence-corrected chi connectivity index (χ1v) is 8.94. The molecular formula is C19H30ClN3O4. The maximum absolute atomic E-state index is 12.9. The molecule has 0 spiro atoms. The Bertz CT molecular complexity index is 624. The van der Waals surface area contributed by atoms with Crippen LogP contribution in [0.25, 0.3) is 0 Å². The molecule has 1 aromatic carbocycles. The van der Waals surface area contributed by atoms with Crippen molar-refractivity contribution in [2.45, 2.75) is 38.8 Å². The number of carbonyl (C=O) groups excluding carboxylic acids is 2. The number of hydrogen-bond donors (Lipinski definition) is 2. The molecule has 2 rings (SSSR count).